The molecule has 2 aliphatic heterocycles. The van der Waals surface area contributed by atoms with Gasteiger partial charge in [-0.2, -0.15) is 10.4 Å². The third-order valence-electron chi connectivity index (χ3n) is 5.81. The number of carbonyl (C=O) groups excluding carboxylic acids is 1. The van der Waals surface area contributed by atoms with E-state index in [-0.39, 0.29) is 11.5 Å². The molecule has 1 spiro atoms. The van der Waals surface area contributed by atoms with Crippen LogP contribution in [-0.2, 0) is 16.1 Å². The summed E-state index contributed by atoms with van der Waals surface area (Å²) >= 11 is 0. The summed E-state index contributed by atoms with van der Waals surface area (Å²) in [5, 5.41) is 13.3. The Balaban J connectivity index is 1.31. The molecule has 2 aliphatic rings. The van der Waals surface area contributed by atoms with E-state index in [0.29, 0.717) is 38.2 Å². The van der Waals surface area contributed by atoms with Crippen molar-refractivity contribution < 1.29 is 9.53 Å². The Labute approximate surface area is 170 Å². The van der Waals surface area contributed by atoms with Crippen LogP contribution in [0.4, 0.5) is 5.82 Å². The maximum Gasteiger partial charge on any atom is 0.224 e. The quantitative estimate of drug-likeness (QED) is 0.785. The molecule has 0 unspecified atom stereocenters. The van der Waals surface area contributed by atoms with Gasteiger partial charge in [-0.25, -0.2) is 4.98 Å². The first-order valence-electron chi connectivity index (χ1n) is 10.1. The van der Waals surface area contributed by atoms with Crippen LogP contribution in [0.2, 0.25) is 0 Å². The number of nitriles is 1. The molecule has 2 fully saturated rings. The zero-order valence-corrected chi connectivity index (χ0v) is 16.8. The van der Waals surface area contributed by atoms with Crippen LogP contribution in [0.15, 0.2) is 30.6 Å². The number of pyridine rings is 1. The number of hydrogen-bond donors (Lipinski definition) is 0. The number of carbonyl (C=O) groups is 1. The van der Waals surface area contributed by atoms with E-state index in [0.717, 1.165) is 37.4 Å². The second-order valence-electron chi connectivity index (χ2n) is 7.82. The van der Waals surface area contributed by atoms with Crippen LogP contribution in [-0.4, -0.2) is 64.0 Å². The Morgan fingerprint density at radius 1 is 1.28 bits per heavy atom. The topological polar surface area (TPSA) is 87.3 Å². The minimum atomic E-state index is -0.232. The molecule has 0 radical (unpaired) electrons. The lowest BCUT2D eigenvalue weighted by Crippen LogP contribution is -2.57. The fourth-order valence-electron chi connectivity index (χ4n) is 4.10. The van der Waals surface area contributed by atoms with Crippen LogP contribution in [0.3, 0.4) is 0 Å². The van der Waals surface area contributed by atoms with Crippen molar-refractivity contribution in [3.8, 4) is 6.07 Å². The van der Waals surface area contributed by atoms with Gasteiger partial charge in [0.25, 0.3) is 0 Å². The summed E-state index contributed by atoms with van der Waals surface area (Å²) in [5.41, 5.74) is 1.30. The van der Waals surface area contributed by atoms with E-state index in [1.54, 1.807) is 12.3 Å². The highest BCUT2D eigenvalue weighted by atomic mass is 16.5. The molecule has 0 aliphatic carbocycles. The lowest BCUT2D eigenvalue weighted by atomic mass is 9.89. The van der Waals surface area contributed by atoms with E-state index in [1.807, 2.05) is 34.8 Å². The molecule has 8 heteroatoms. The predicted octanol–water partition coefficient (Wildman–Crippen LogP) is 1.75. The van der Waals surface area contributed by atoms with Gasteiger partial charge in [-0.05, 0) is 38.0 Å². The predicted molar refractivity (Wildman–Crippen MR) is 107 cm³/mol. The molecular weight excluding hydrogens is 368 g/mol. The third-order valence-corrected chi connectivity index (χ3v) is 5.81. The van der Waals surface area contributed by atoms with Crippen molar-refractivity contribution >= 4 is 11.7 Å². The van der Waals surface area contributed by atoms with Gasteiger partial charge in [0, 0.05) is 51.5 Å². The van der Waals surface area contributed by atoms with Gasteiger partial charge in [0.1, 0.15) is 11.9 Å². The van der Waals surface area contributed by atoms with Gasteiger partial charge in [-0.1, -0.05) is 0 Å². The monoisotopic (exact) mass is 394 g/mol. The molecule has 8 nitrogen and oxygen atoms in total. The molecule has 0 bridgehead atoms. The molecule has 0 saturated carbocycles. The second-order valence-corrected chi connectivity index (χ2v) is 7.82. The van der Waals surface area contributed by atoms with E-state index in [1.165, 1.54) is 0 Å². The lowest BCUT2D eigenvalue weighted by Gasteiger charge is -2.47. The van der Waals surface area contributed by atoms with E-state index in [9.17, 15) is 4.79 Å². The van der Waals surface area contributed by atoms with Crippen molar-refractivity contribution in [3.63, 3.8) is 0 Å². The number of nitrogens with zero attached hydrogens (tertiary/aromatic N) is 6. The summed E-state index contributed by atoms with van der Waals surface area (Å²) in [6, 6.07) is 7.75. The summed E-state index contributed by atoms with van der Waals surface area (Å²) in [4.78, 5) is 21.2. The van der Waals surface area contributed by atoms with Gasteiger partial charge >= 0.3 is 0 Å². The van der Waals surface area contributed by atoms with Crippen LogP contribution < -0.4 is 4.90 Å². The van der Waals surface area contributed by atoms with E-state index in [4.69, 9.17) is 10.00 Å². The van der Waals surface area contributed by atoms with Crippen molar-refractivity contribution in [1.29, 1.82) is 5.26 Å². The van der Waals surface area contributed by atoms with Crippen LogP contribution >= 0.6 is 0 Å². The van der Waals surface area contributed by atoms with Gasteiger partial charge in [0.2, 0.25) is 5.91 Å². The first kappa shape index (κ1) is 19.4. The molecule has 2 aromatic heterocycles. The van der Waals surface area contributed by atoms with Gasteiger partial charge in [-0.3, -0.25) is 9.48 Å². The Hall–Kier alpha value is -2.92. The van der Waals surface area contributed by atoms with Crippen LogP contribution in [0.25, 0.3) is 0 Å². The minimum Gasteiger partial charge on any atom is -0.371 e. The normalized spacial score (nSPS) is 18.6. The first-order valence-corrected chi connectivity index (χ1v) is 10.1. The smallest absolute Gasteiger partial charge is 0.224 e. The molecule has 0 aromatic carbocycles. The Bertz CT molecular complexity index is 893. The zero-order valence-electron chi connectivity index (χ0n) is 16.8. The number of ether oxygens (including phenoxy) is 1. The average Bonchev–Trinajstić information content (AvgIpc) is 3.18. The van der Waals surface area contributed by atoms with Gasteiger partial charge in [0.05, 0.1) is 23.5 Å². The molecular formula is C21H26N6O2. The van der Waals surface area contributed by atoms with Crippen molar-refractivity contribution in [2.75, 3.05) is 37.7 Å². The lowest BCUT2D eigenvalue weighted by molar-refractivity contribution is -0.139. The van der Waals surface area contributed by atoms with Crippen molar-refractivity contribution in [2.24, 2.45) is 0 Å². The highest BCUT2D eigenvalue weighted by molar-refractivity contribution is 5.76. The zero-order chi connectivity index (χ0) is 20.3. The fraction of sp³-hybridized carbons (Fsp3) is 0.524. The van der Waals surface area contributed by atoms with Crippen LogP contribution in [0, 0.1) is 18.3 Å². The SMILES string of the molecule is Cc1ccn(CCC(=O)N2CCC3(CC2)CN(c2ccc(C#N)cn2)CCO3)n1. The van der Waals surface area contributed by atoms with E-state index in [2.05, 4.69) is 21.1 Å². The molecule has 2 aromatic rings. The number of amides is 1. The molecule has 1 amide bonds. The van der Waals surface area contributed by atoms with Gasteiger partial charge in [0.15, 0.2) is 0 Å². The highest BCUT2D eigenvalue weighted by Crippen LogP contribution is 2.32. The molecule has 0 N–H and O–H groups in total. The molecule has 152 valence electrons. The molecule has 29 heavy (non-hydrogen) atoms. The number of aromatic nitrogens is 3. The Morgan fingerprint density at radius 3 is 2.76 bits per heavy atom. The first-order chi connectivity index (χ1) is 14.1. The Kier molecular flexibility index (Phi) is 5.49. The van der Waals surface area contributed by atoms with E-state index < -0.39 is 0 Å². The number of hydrogen-bond acceptors (Lipinski definition) is 6. The van der Waals surface area contributed by atoms with Gasteiger partial charge in [-0.15, -0.1) is 0 Å². The van der Waals surface area contributed by atoms with Crippen molar-refractivity contribution in [1.82, 2.24) is 19.7 Å². The second kappa shape index (κ2) is 8.21. The van der Waals surface area contributed by atoms with Crippen molar-refractivity contribution in [3.05, 3.63) is 41.9 Å². The maximum atomic E-state index is 12.6. The van der Waals surface area contributed by atoms with Crippen LogP contribution in [0.5, 0.6) is 0 Å². The number of rotatable bonds is 4. The summed E-state index contributed by atoms with van der Waals surface area (Å²) < 4.78 is 8.01. The Morgan fingerprint density at radius 2 is 2.10 bits per heavy atom. The molecule has 0 atom stereocenters. The number of anilines is 1. The summed E-state index contributed by atoms with van der Waals surface area (Å²) in [7, 11) is 0. The molecule has 4 heterocycles. The third kappa shape index (κ3) is 4.40. The largest absolute Gasteiger partial charge is 0.371 e. The fourth-order valence-corrected chi connectivity index (χ4v) is 4.10. The van der Waals surface area contributed by atoms with Gasteiger partial charge < -0.3 is 14.5 Å². The number of aryl methyl sites for hydroxylation is 2. The summed E-state index contributed by atoms with van der Waals surface area (Å²) in [6.07, 6.45) is 5.64. The molecule has 2 saturated heterocycles. The summed E-state index contributed by atoms with van der Waals surface area (Å²) in [5.74, 6) is 1.05. The number of piperidine rings is 1. The van der Waals surface area contributed by atoms with E-state index >= 15 is 0 Å². The standard InChI is InChI=1S/C21H26N6O2/c1-17-4-8-27(24-17)9-5-20(28)25-10-6-21(7-11-25)16-26(12-13-29-21)19-3-2-18(14-22)15-23-19/h2-4,8,15H,5-7,9-13,16H2,1H3. The maximum absolute atomic E-state index is 12.6. The summed E-state index contributed by atoms with van der Waals surface area (Å²) in [6.45, 7) is 6.19. The number of morpholine rings is 1. The van der Waals surface area contributed by atoms with Crippen molar-refractivity contribution in [2.45, 2.75) is 38.3 Å². The van der Waals surface area contributed by atoms with Crippen LogP contribution in [0.1, 0.15) is 30.5 Å². The highest BCUT2D eigenvalue weighted by Gasteiger charge is 2.40. The minimum absolute atomic E-state index is 0.175. The average molecular weight is 394 g/mol. The molecule has 4 rings (SSSR count). The number of likely N-dealkylation sites (tertiary alicyclic amines) is 1.